The van der Waals surface area contributed by atoms with Gasteiger partial charge in [-0.25, -0.2) is 4.98 Å². The predicted octanol–water partition coefficient (Wildman–Crippen LogP) is 2.56. The van der Waals surface area contributed by atoms with Crippen LogP contribution >= 0.6 is 11.6 Å². The fraction of sp³-hybridized carbons (Fsp3) is 0.444. The average molecular weight is 408 g/mol. The molecule has 28 heavy (non-hydrogen) atoms. The van der Waals surface area contributed by atoms with Crippen molar-refractivity contribution in [3.05, 3.63) is 44.7 Å². The lowest BCUT2D eigenvalue weighted by Gasteiger charge is -2.34. The molecule has 1 aliphatic rings. The van der Waals surface area contributed by atoms with Crippen molar-refractivity contribution in [2.75, 3.05) is 44.2 Å². The second-order valence-electron chi connectivity index (χ2n) is 6.63. The van der Waals surface area contributed by atoms with Crippen LogP contribution in [0, 0.1) is 24.0 Å². The number of piperazine rings is 1. The van der Waals surface area contributed by atoms with Gasteiger partial charge in [0.2, 0.25) is 5.82 Å². The number of nitro groups is 1. The molecular weight excluding hydrogens is 386 g/mol. The highest BCUT2D eigenvalue weighted by molar-refractivity contribution is 6.32. The number of aliphatic hydroxyl groups is 1. The third kappa shape index (κ3) is 4.32. The van der Waals surface area contributed by atoms with E-state index in [0.717, 1.165) is 11.1 Å². The standard InChI is InChI=1S/C18H22ClN5O4/c1-12-9-14(10-13(2)15(12)19)28-18-16(24(26)27)17(20-11-21-18)23-5-3-22(4-6-23)7-8-25/h9-11,25H,3-8H2,1-2H3. The number of hydrogen-bond acceptors (Lipinski definition) is 8. The summed E-state index contributed by atoms with van der Waals surface area (Å²) >= 11 is 6.18. The van der Waals surface area contributed by atoms with E-state index < -0.39 is 4.92 Å². The summed E-state index contributed by atoms with van der Waals surface area (Å²) in [6.45, 7) is 6.87. The fourth-order valence-corrected chi connectivity index (χ4v) is 3.33. The van der Waals surface area contributed by atoms with Gasteiger partial charge in [0, 0.05) is 37.7 Å². The molecule has 0 unspecified atom stereocenters. The molecule has 10 heteroatoms. The molecule has 0 bridgehead atoms. The average Bonchev–Trinajstić information content (AvgIpc) is 2.66. The van der Waals surface area contributed by atoms with Crippen molar-refractivity contribution < 1.29 is 14.8 Å². The van der Waals surface area contributed by atoms with Crippen LogP contribution in [0.3, 0.4) is 0 Å². The zero-order valence-electron chi connectivity index (χ0n) is 15.8. The van der Waals surface area contributed by atoms with Crippen molar-refractivity contribution >= 4 is 23.1 Å². The van der Waals surface area contributed by atoms with Crippen LogP contribution in [0.2, 0.25) is 5.02 Å². The highest BCUT2D eigenvalue weighted by Gasteiger charge is 2.30. The Balaban J connectivity index is 1.89. The Kier molecular flexibility index (Phi) is 6.28. The van der Waals surface area contributed by atoms with E-state index in [1.165, 1.54) is 6.33 Å². The van der Waals surface area contributed by atoms with Gasteiger partial charge in [0.1, 0.15) is 12.1 Å². The Hall–Kier alpha value is -2.49. The molecule has 1 aliphatic heterocycles. The smallest absolute Gasteiger partial charge is 0.373 e. The Bertz CT molecular complexity index is 848. The molecule has 1 aromatic heterocycles. The van der Waals surface area contributed by atoms with Crippen molar-refractivity contribution in [2.45, 2.75) is 13.8 Å². The summed E-state index contributed by atoms with van der Waals surface area (Å²) in [5.41, 5.74) is 1.37. The Morgan fingerprint density at radius 3 is 2.43 bits per heavy atom. The topological polar surface area (TPSA) is 105 Å². The van der Waals surface area contributed by atoms with Crippen LogP contribution in [0.1, 0.15) is 11.1 Å². The predicted molar refractivity (Wildman–Crippen MR) is 105 cm³/mol. The first kappa shape index (κ1) is 20.2. The van der Waals surface area contributed by atoms with Crippen molar-refractivity contribution in [3.63, 3.8) is 0 Å². The van der Waals surface area contributed by atoms with Crippen LogP contribution in [0.15, 0.2) is 18.5 Å². The summed E-state index contributed by atoms with van der Waals surface area (Å²) in [7, 11) is 0. The highest BCUT2D eigenvalue weighted by atomic mass is 35.5. The van der Waals surface area contributed by atoms with Gasteiger partial charge in [-0.2, -0.15) is 4.98 Å². The van der Waals surface area contributed by atoms with Gasteiger partial charge in [0.25, 0.3) is 0 Å². The Morgan fingerprint density at radius 2 is 1.86 bits per heavy atom. The zero-order chi connectivity index (χ0) is 20.3. The van der Waals surface area contributed by atoms with Crippen LogP contribution in [-0.2, 0) is 0 Å². The van der Waals surface area contributed by atoms with E-state index in [4.69, 9.17) is 21.4 Å². The fourth-order valence-electron chi connectivity index (χ4n) is 3.22. The molecular formula is C18H22ClN5O4. The van der Waals surface area contributed by atoms with Gasteiger partial charge in [-0.3, -0.25) is 15.0 Å². The molecule has 1 N–H and O–H groups in total. The number of benzene rings is 1. The molecule has 2 heterocycles. The van der Waals surface area contributed by atoms with Crippen LogP contribution in [0.25, 0.3) is 0 Å². The minimum atomic E-state index is -0.513. The molecule has 0 saturated carbocycles. The van der Waals surface area contributed by atoms with Crippen LogP contribution in [-0.4, -0.2) is 64.2 Å². The van der Waals surface area contributed by atoms with Gasteiger partial charge in [-0.1, -0.05) is 11.6 Å². The number of β-amino-alcohol motifs (C(OH)–C–C–N with tert-alkyl or cyclic N) is 1. The maximum Gasteiger partial charge on any atom is 0.373 e. The van der Waals surface area contributed by atoms with E-state index in [9.17, 15) is 10.1 Å². The number of anilines is 1. The van der Waals surface area contributed by atoms with Crippen LogP contribution < -0.4 is 9.64 Å². The van der Waals surface area contributed by atoms with Crippen molar-refractivity contribution in [3.8, 4) is 11.6 Å². The Morgan fingerprint density at radius 1 is 1.21 bits per heavy atom. The third-order valence-corrected chi connectivity index (χ3v) is 5.26. The summed E-state index contributed by atoms with van der Waals surface area (Å²) in [6, 6.07) is 3.43. The molecule has 0 radical (unpaired) electrons. The van der Waals surface area contributed by atoms with E-state index in [2.05, 4.69) is 14.9 Å². The van der Waals surface area contributed by atoms with Crippen LogP contribution in [0.4, 0.5) is 11.5 Å². The second kappa shape index (κ2) is 8.68. The monoisotopic (exact) mass is 407 g/mol. The molecule has 1 aromatic carbocycles. The van der Waals surface area contributed by atoms with Gasteiger partial charge in [0.05, 0.1) is 11.5 Å². The van der Waals surface area contributed by atoms with E-state index in [1.807, 2.05) is 18.7 Å². The molecule has 3 rings (SSSR count). The molecule has 1 fully saturated rings. The summed E-state index contributed by atoms with van der Waals surface area (Å²) in [6.07, 6.45) is 1.27. The van der Waals surface area contributed by atoms with Gasteiger partial charge >= 0.3 is 11.6 Å². The minimum absolute atomic E-state index is 0.0889. The maximum absolute atomic E-state index is 11.8. The largest absolute Gasteiger partial charge is 0.434 e. The summed E-state index contributed by atoms with van der Waals surface area (Å²) in [4.78, 5) is 23.4. The number of nitrogens with zero attached hydrogens (tertiary/aromatic N) is 5. The second-order valence-corrected chi connectivity index (χ2v) is 7.01. The molecule has 0 amide bonds. The lowest BCUT2D eigenvalue weighted by Crippen LogP contribution is -2.47. The van der Waals surface area contributed by atoms with Gasteiger partial charge in [-0.05, 0) is 37.1 Å². The lowest BCUT2D eigenvalue weighted by molar-refractivity contribution is -0.385. The number of rotatable bonds is 6. The molecule has 1 saturated heterocycles. The van der Waals surface area contributed by atoms with Crippen LogP contribution in [0.5, 0.6) is 11.6 Å². The quantitative estimate of drug-likeness (QED) is 0.575. The minimum Gasteiger partial charge on any atom is -0.434 e. The SMILES string of the molecule is Cc1cc(Oc2ncnc(N3CCN(CCO)CC3)c2[N+](=O)[O-])cc(C)c1Cl. The molecule has 0 atom stereocenters. The normalized spacial score (nSPS) is 14.9. The summed E-state index contributed by atoms with van der Waals surface area (Å²) in [5, 5.41) is 21.5. The van der Waals surface area contributed by atoms with Gasteiger partial charge < -0.3 is 14.7 Å². The van der Waals surface area contributed by atoms with Crippen molar-refractivity contribution in [1.82, 2.24) is 14.9 Å². The van der Waals surface area contributed by atoms with Gasteiger partial charge in [-0.15, -0.1) is 0 Å². The first-order valence-electron chi connectivity index (χ1n) is 8.93. The number of ether oxygens (including phenoxy) is 1. The molecule has 0 spiro atoms. The highest BCUT2D eigenvalue weighted by Crippen LogP contribution is 2.37. The van der Waals surface area contributed by atoms with Crippen molar-refractivity contribution in [2.24, 2.45) is 0 Å². The van der Waals surface area contributed by atoms with E-state index in [1.54, 1.807) is 12.1 Å². The molecule has 9 nitrogen and oxygen atoms in total. The number of hydrogen-bond donors (Lipinski definition) is 1. The van der Waals surface area contributed by atoms with E-state index >= 15 is 0 Å². The van der Waals surface area contributed by atoms with E-state index in [-0.39, 0.29) is 24.0 Å². The number of aromatic nitrogens is 2. The molecule has 0 aliphatic carbocycles. The Labute approximate surface area is 167 Å². The lowest BCUT2D eigenvalue weighted by atomic mass is 10.1. The van der Waals surface area contributed by atoms with E-state index in [0.29, 0.717) is 43.5 Å². The summed E-state index contributed by atoms with van der Waals surface area (Å²) < 4.78 is 5.76. The third-order valence-electron chi connectivity index (χ3n) is 4.66. The first-order valence-corrected chi connectivity index (χ1v) is 9.30. The zero-order valence-corrected chi connectivity index (χ0v) is 16.5. The summed E-state index contributed by atoms with van der Waals surface area (Å²) in [5.74, 6) is 0.565. The number of aryl methyl sites for hydroxylation is 2. The number of aliphatic hydroxyl groups excluding tert-OH is 1. The van der Waals surface area contributed by atoms with Gasteiger partial charge in [0.15, 0.2) is 0 Å². The number of halogens is 1. The maximum atomic E-state index is 11.8. The molecule has 150 valence electrons. The first-order chi connectivity index (χ1) is 13.4. The van der Waals surface area contributed by atoms with Crippen molar-refractivity contribution in [1.29, 1.82) is 0 Å². The molecule has 2 aromatic rings.